The van der Waals surface area contributed by atoms with Crippen LogP contribution in [0.5, 0.6) is 11.5 Å². The third kappa shape index (κ3) is 6.03. The van der Waals surface area contributed by atoms with Gasteiger partial charge in [0.25, 0.3) is 11.8 Å². The second kappa shape index (κ2) is 10.5. The molecule has 6 nitrogen and oxygen atoms in total. The van der Waals surface area contributed by atoms with Crippen LogP contribution in [0, 0.1) is 0 Å². The zero-order valence-corrected chi connectivity index (χ0v) is 18.2. The molecule has 1 aliphatic rings. The Hall–Kier alpha value is -2.44. The van der Waals surface area contributed by atoms with Gasteiger partial charge in [0.05, 0.1) is 16.7 Å². The molecule has 0 spiro atoms. The van der Waals surface area contributed by atoms with Gasteiger partial charge in [0.1, 0.15) is 11.5 Å². The van der Waals surface area contributed by atoms with E-state index in [1.807, 2.05) is 11.8 Å². The zero-order valence-electron chi connectivity index (χ0n) is 16.7. The molecule has 3 rings (SSSR count). The molecule has 0 aliphatic carbocycles. The monoisotopic (exact) mass is 450 g/mol. The fraction of sp³-hybridized carbons (Fsp3) is 0.364. The molecule has 1 N–H and O–H groups in total. The van der Waals surface area contributed by atoms with Crippen LogP contribution in [0.2, 0.25) is 10.0 Å². The topological polar surface area (TPSA) is 67.9 Å². The van der Waals surface area contributed by atoms with Crippen molar-refractivity contribution in [3.63, 3.8) is 0 Å². The maximum Gasteiger partial charge on any atom is 0.258 e. The lowest BCUT2D eigenvalue weighted by Gasteiger charge is -2.32. The average molecular weight is 451 g/mol. The molecule has 160 valence electrons. The van der Waals surface area contributed by atoms with E-state index < -0.39 is 0 Å². The van der Waals surface area contributed by atoms with Gasteiger partial charge in [-0.2, -0.15) is 0 Å². The minimum atomic E-state index is -0.211. The Morgan fingerprint density at radius 1 is 1.00 bits per heavy atom. The molecule has 0 unspecified atom stereocenters. The predicted octanol–water partition coefficient (Wildman–Crippen LogP) is 4.19. The third-order valence-corrected chi connectivity index (χ3v) is 5.56. The fourth-order valence-corrected chi connectivity index (χ4v) is 3.54. The van der Waals surface area contributed by atoms with E-state index in [0.29, 0.717) is 53.9 Å². The van der Waals surface area contributed by atoms with Gasteiger partial charge in [-0.05, 0) is 56.2 Å². The van der Waals surface area contributed by atoms with E-state index in [-0.39, 0.29) is 24.5 Å². The van der Waals surface area contributed by atoms with Gasteiger partial charge < -0.3 is 19.7 Å². The lowest BCUT2D eigenvalue weighted by Crippen LogP contribution is -2.47. The van der Waals surface area contributed by atoms with Crippen molar-refractivity contribution in [1.82, 2.24) is 10.2 Å². The number of hydrogen-bond acceptors (Lipinski definition) is 4. The molecule has 0 atom stereocenters. The Morgan fingerprint density at radius 3 is 2.30 bits per heavy atom. The molecule has 0 aromatic heterocycles. The summed E-state index contributed by atoms with van der Waals surface area (Å²) in [6, 6.07) is 12.0. The number of carbonyl (C=O) groups excluding carboxylic acids is 2. The van der Waals surface area contributed by atoms with E-state index in [1.54, 1.807) is 42.5 Å². The first-order valence-electron chi connectivity index (χ1n) is 9.85. The number of likely N-dealkylation sites (tertiary alicyclic amines) is 1. The van der Waals surface area contributed by atoms with Crippen LogP contribution in [0.15, 0.2) is 42.5 Å². The highest BCUT2D eigenvalue weighted by molar-refractivity contribution is 6.42. The summed E-state index contributed by atoms with van der Waals surface area (Å²) in [5, 5.41) is 3.76. The third-order valence-electron chi connectivity index (χ3n) is 4.82. The van der Waals surface area contributed by atoms with Gasteiger partial charge in [-0.25, -0.2) is 0 Å². The summed E-state index contributed by atoms with van der Waals surface area (Å²) < 4.78 is 10.9. The van der Waals surface area contributed by atoms with Crippen molar-refractivity contribution in [2.45, 2.75) is 25.8 Å². The van der Waals surface area contributed by atoms with Gasteiger partial charge in [0.15, 0.2) is 6.61 Å². The number of amides is 2. The Balaban J connectivity index is 1.42. The van der Waals surface area contributed by atoms with E-state index in [9.17, 15) is 9.59 Å². The quantitative estimate of drug-likeness (QED) is 0.686. The van der Waals surface area contributed by atoms with Crippen molar-refractivity contribution < 1.29 is 19.1 Å². The predicted molar refractivity (Wildman–Crippen MR) is 117 cm³/mol. The van der Waals surface area contributed by atoms with E-state index in [2.05, 4.69) is 5.32 Å². The molecule has 0 radical (unpaired) electrons. The smallest absolute Gasteiger partial charge is 0.258 e. The molecule has 1 fully saturated rings. The van der Waals surface area contributed by atoms with E-state index in [0.717, 1.165) is 5.75 Å². The number of ether oxygens (including phenoxy) is 2. The van der Waals surface area contributed by atoms with Crippen LogP contribution in [-0.4, -0.2) is 49.1 Å². The molecule has 0 bridgehead atoms. The van der Waals surface area contributed by atoms with Crippen LogP contribution in [0.1, 0.15) is 30.1 Å². The number of halogens is 2. The molecule has 2 aromatic rings. The van der Waals surface area contributed by atoms with E-state index in [1.165, 1.54) is 0 Å². The van der Waals surface area contributed by atoms with Gasteiger partial charge >= 0.3 is 0 Å². The first-order valence-corrected chi connectivity index (χ1v) is 10.6. The molecule has 0 saturated carbocycles. The number of rotatable bonds is 7. The van der Waals surface area contributed by atoms with Crippen LogP contribution < -0.4 is 14.8 Å². The van der Waals surface area contributed by atoms with Crippen LogP contribution in [0.3, 0.4) is 0 Å². The molecule has 30 heavy (non-hydrogen) atoms. The summed E-state index contributed by atoms with van der Waals surface area (Å²) >= 11 is 11.8. The van der Waals surface area contributed by atoms with Gasteiger partial charge in [-0.3, -0.25) is 9.59 Å². The Morgan fingerprint density at radius 2 is 1.67 bits per heavy atom. The number of carbonyl (C=O) groups is 2. The van der Waals surface area contributed by atoms with E-state index >= 15 is 0 Å². The van der Waals surface area contributed by atoms with Crippen LogP contribution in [0.4, 0.5) is 0 Å². The zero-order chi connectivity index (χ0) is 21.5. The highest BCUT2D eigenvalue weighted by Crippen LogP contribution is 2.26. The number of piperidine rings is 1. The Bertz CT molecular complexity index is 881. The van der Waals surface area contributed by atoms with Crippen molar-refractivity contribution in [2.75, 3.05) is 26.3 Å². The SMILES string of the molecule is CCOc1ccc(C(=O)N2CCC(NC(=O)COc3ccc(Cl)c(Cl)c3)CC2)cc1. The summed E-state index contributed by atoms with van der Waals surface area (Å²) in [6.07, 6.45) is 1.39. The van der Waals surface area contributed by atoms with Crippen molar-refractivity contribution >= 4 is 35.0 Å². The molecule has 1 heterocycles. The number of hydrogen-bond donors (Lipinski definition) is 1. The lowest BCUT2D eigenvalue weighted by molar-refractivity contribution is -0.124. The highest BCUT2D eigenvalue weighted by Gasteiger charge is 2.24. The minimum absolute atomic E-state index is 0.00854. The molecule has 2 aromatic carbocycles. The van der Waals surface area contributed by atoms with Gasteiger partial charge in [0.2, 0.25) is 0 Å². The second-order valence-electron chi connectivity index (χ2n) is 6.96. The minimum Gasteiger partial charge on any atom is -0.494 e. The molecule has 1 saturated heterocycles. The normalized spacial score (nSPS) is 14.3. The van der Waals surface area contributed by atoms with Crippen molar-refractivity contribution in [3.05, 3.63) is 58.1 Å². The summed E-state index contributed by atoms with van der Waals surface area (Å²) in [4.78, 5) is 26.6. The summed E-state index contributed by atoms with van der Waals surface area (Å²) in [5.41, 5.74) is 0.635. The number of nitrogens with zero attached hydrogens (tertiary/aromatic N) is 1. The van der Waals surface area contributed by atoms with Crippen LogP contribution in [-0.2, 0) is 4.79 Å². The Kier molecular flexibility index (Phi) is 7.82. The maximum absolute atomic E-state index is 12.7. The van der Waals surface area contributed by atoms with Gasteiger partial charge in [0, 0.05) is 30.8 Å². The molecular weight excluding hydrogens is 427 g/mol. The first-order chi connectivity index (χ1) is 14.5. The first kappa shape index (κ1) is 22.2. The van der Waals surface area contributed by atoms with Gasteiger partial charge in [-0.1, -0.05) is 23.2 Å². The van der Waals surface area contributed by atoms with Crippen LogP contribution >= 0.6 is 23.2 Å². The molecule has 1 aliphatic heterocycles. The Labute approximate surface area is 186 Å². The van der Waals surface area contributed by atoms with Crippen LogP contribution in [0.25, 0.3) is 0 Å². The lowest BCUT2D eigenvalue weighted by atomic mass is 10.0. The molecular formula is C22H24Cl2N2O4. The highest BCUT2D eigenvalue weighted by atomic mass is 35.5. The summed E-state index contributed by atoms with van der Waals surface area (Å²) in [6.45, 7) is 3.57. The summed E-state index contributed by atoms with van der Waals surface area (Å²) in [5.74, 6) is 1.01. The number of benzene rings is 2. The van der Waals surface area contributed by atoms with Crippen molar-refractivity contribution in [2.24, 2.45) is 0 Å². The van der Waals surface area contributed by atoms with Crippen molar-refractivity contribution in [1.29, 1.82) is 0 Å². The summed E-state index contributed by atoms with van der Waals surface area (Å²) in [7, 11) is 0. The average Bonchev–Trinajstić information content (AvgIpc) is 2.75. The number of nitrogens with one attached hydrogen (secondary N) is 1. The molecule has 2 amide bonds. The van der Waals surface area contributed by atoms with E-state index in [4.69, 9.17) is 32.7 Å². The standard InChI is InChI=1S/C22H24Cl2N2O4/c1-2-29-17-5-3-15(4-6-17)22(28)26-11-9-16(10-12-26)25-21(27)14-30-18-7-8-19(23)20(24)13-18/h3-8,13,16H,2,9-12,14H2,1H3,(H,25,27). The second-order valence-corrected chi connectivity index (χ2v) is 7.77. The molecule has 8 heteroatoms. The fourth-order valence-electron chi connectivity index (χ4n) is 3.25. The van der Waals surface area contributed by atoms with Crippen molar-refractivity contribution in [3.8, 4) is 11.5 Å². The largest absolute Gasteiger partial charge is 0.494 e. The maximum atomic E-state index is 12.7. The van der Waals surface area contributed by atoms with Gasteiger partial charge in [-0.15, -0.1) is 0 Å².